The lowest BCUT2D eigenvalue weighted by Crippen LogP contribution is -2.61. The Morgan fingerprint density at radius 3 is 1.38 bits per heavy atom. The molecule has 6 atom stereocenters. The van der Waals surface area contributed by atoms with E-state index in [0.717, 1.165) is 109 Å². The lowest BCUT2D eigenvalue weighted by molar-refractivity contribution is -0.301. The fourth-order valence-electron chi connectivity index (χ4n) is 8.27. The fourth-order valence-corrected chi connectivity index (χ4v) is 8.27. The van der Waals surface area contributed by atoms with Crippen LogP contribution in [0.3, 0.4) is 0 Å². The van der Waals surface area contributed by atoms with Crippen LogP contribution in [0.2, 0.25) is 0 Å². The van der Waals surface area contributed by atoms with E-state index in [1.165, 1.54) is 70.6 Å². The molecule has 1 saturated heterocycles. The van der Waals surface area contributed by atoms with Gasteiger partial charge in [0, 0.05) is 19.3 Å². The van der Waals surface area contributed by atoms with E-state index in [-0.39, 0.29) is 25.9 Å². The number of rotatable bonds is 48. The summed E-state index contributed by atoms with van der Waals surface area (Å²) in [7, 11) is 0. The van der Waals surface area contributed by atoms with E-state index in [1.54, 1.807) is 0 Å². The van der Waals surface area contributed by atoms with E-state index in [0.29, 0.717) is 19.3 Å². The Bertz CT molecular complexity index is 1550. The van der Waals surface area contributed by atoms with E-state index in [4.69, 9.17) is 23.7 Å². The van der Waals surface area contributed by atoms with Crippen LogP contribution in [-0.2, 0) is 42.9 Å². The van der Waals surface area contributed by atoms with E-state index in [2.05, 4.69) is 93.7 Å². The molecule has 1 aliphatic rings. The predicted molar refractivity (Wildman–Crippen MR) is 294 cm³/mol. The second-order valence-electron chi connectivity index (χ2n) is 19.5. The number of carboxylic acid groups (broad SMARTS) is 1. The highest BCUT2D eigenvalue weighted by atomic mass is 16.7. The van der Waals surface area contributed by atoms with Crippen LogP contribution in [0.1, 0.15) is 239 Å². The molecule has 6 unspecified atom stereocenters. The van der Waals surface area contributed by atoms with Crippen LogP contribution in [0.4, 0.5) is 0 Å². The highest BCUT2D eigenvalue weighted by molar-refractivity contribution is 5.74. The van der Waals surface area contributed by atoms with Crippen LogP contribution >= 0.6 is 0 Å². The molecular weight excluding hydrogens is 925 g/mol. The molecule has 1 rings (SSSR count). The summed E-state index contributed by atoms with van der Waals surface area (Å²) in [5.41, 5.74) is 0. The number of aliphatic carboxylic acids is 1. The number of aliphatic hydroxyl groups excluding tert-OH is 2. The number of carboxylic acids is 1. The average molecular weight is 1030 g/mol. The highest BCUT2D eigenvalue weighted by Crippen LogP contribution is 2.26. The fraction of sp³-hybridized carbons (Fsp3) is 0.738. The zero-order valence-electron chi connectivity index (χ0n) is 45.9. The van der Waals surface area contributed by atoms with Crippen molar-refractivity contribution in [3.05, 3.63) is 72.9 Å². The first kappa shape index (κ1) is 67.2. The maximum Gasteiger partial charge on any atom is 0.335 e. The standard InChI is InChI=1S/C61H102O12/c1-4-7-10-13-16-19-22-24-25-26-27-28-29-31-33-35-38-41-44-47-53(62)69-50-52(71-54(63)48-45-42-39-36-32-21-18-15-12-9-6-3)51-70-61-59(57(66)56(65)58(73-61)60(67)68)72-55(64)49-46-43-40-37-34-30-23-20-17-14-11-8-5-2/h8,11,15-20,24-25,30,34,52,56-59,61,65-66H,4-7,9-10,12-14,21-23,26-29,31-33,35-51H2,1-3H3,(H,67,68)/b11-8-,18-15-,19-16-,20-17-,25-24-,34-30-. The third-order valence-corrected chi connectivity index (χ3v) is 12.7. The summed E-state index contributed by atoms with van der Waals surface area (Å²) < 4.78 is 28.3. The maximum absolute atomic E-state index is 13.1. The minimum Gasteiger partial charge on any atom is -0.479 e. The minimum absolute atomic E-state index is 0.0225. The molecule has 1 fully saturated rings. The molecule has 0 spiro atoms. The number of carbonyl (C=O) groups excluding carboxylic acids is 3. The summed E-state index contributed by atoms with van der Waals surface area (Å²) in [6.45, 7) is 5.78. The summed E-state index contributed by atoms with van der Waals surface area (Å²) >= 11 is 0. The van der Waals surface area contributed by atoms with E-state index >= 15 is 0 Å². The predicted octanol–water partition coefficient (Wildman–Crippen LogP) is 14.6. The summed E-state index contributed by atoms with van der Waals surface area (Å²) in [6.07, 6.45) is 48.8. The van der Waals surface area contributed by atoms with Crippen molar-refractivity contribution < 1.29 is 58.2 Å². The van der Waals surface area contributed by atoms with Crippen molar-refractivity contribution in [3.63, 3.8) is 0 Å². The van der Waals surface area contributed by atoms with Gasteiger partial charge in [-0.3, -0.25) is 14.4 Å². The zero-order chi connectivity index (χ0) is 53.3. The summed E-state index contributed by atoms with van der Waals surface area (Å²) in [4.78, 5) is 51.0. The molecule has 418 valence electrons. The van der Waals surface area contributed by atoms with Crippen LogP contribution in [0, 0.1) is 0 Å². The van der Waals surface area contributed by atoms with Crippen molar-refractivity contribution in [3.8, 4) is 0 Å². The Morgan fingerprint density at radius 1 is 0.466 bits per heavy atom. The Morgan fingerprint density at radius 2 is 0.877 bits per heavy atom. The van der Waals surface area contributed by atoms with Gasteiger partial charge in [-0.05, 0) is 103 Å². The quantitative estimate of drug-likeness (QED) is 0.0228. The largest absolute Gasteiger partial charge is 0.479 e. The molecule has 0 amide bonds. The van der Waals surface area contributed by atoms with Gasteiger partial charge in [0.15, 0.2) is 24.6 Å². The first-order valence-electron chi connectivity index (χ1n) is 28.9. The molecule has 12 heteroatoms. The van der Waals surface area contributed by atoms with Gasteiger partial charge in [0.1, 0.15) is 18.8 Å². The van der Waals surface area contributed by atoms with Crippen LogP contribution in [0.25, 0.3) is 0 Å². The van der Waals surface area contributed by atoms with E-state index in [1.807, 2.05) is 0 Å². The number of ether oxygens (including phenoxy) is 5. The third-order valence-electron chi connectivity index (χ3n) is 12.7. The van der Waals surface area contributed by atoms with Crippen molar-refractivity contribution in [2.75, 3.05) is 13.2 Å². The SMILES string of the molecule is CC/C=C\C/C=C\C/C=C\CCCCCC(=O)OC1C(OCC(COC(=O)CCCCCCCCCCC/C=C\C/C=C\CCCCC)OC(=O)CCCCCCC/C=C\CCCC)OC(C(=O)O)C(O)C1O. The smallest absolute Gasteiger partial charge is 0.335 e. The molecule has 0 saturated carbocycles. The van der Waals surface area contributed by atoms with Crippen LogP contribution < -0.4 is 0 Å². The summed E-state index contributed by atoms with van der Waals surface area (Å²) in [6, 6.07) is 0. The summed E-state index contributed by atoms with van der Waals surface area (Å²) in [5.74, 6) is -3.18. The number of hydrogen-bond donors (Lipinski definition) is 3. The lowest BCUT2D eigenvalue weighted by Gasteiger charge is -2.40. The minimum atomic E-state index is -1.92. The Labute approximate surface area is 442 Å². The second-order valence-corrected chi connectivity index (χ2v) is 19.5. The van der Waals surface area contributed by atoms with Gasteiger partial charge in [0.2, 0.25) is 0 Å². The average Bonchev–Trinajstić information content (AvgIpc) is 3.37. The van der Waals surface area contributed by atoms with Crippen molar-refractivity contribution >= 4 is 23.9 Å². The molecule has 73 heavy (non-hydrogen) atoms. The van der Waals surface area contributed by atoms with Crippen LogP contribution in [0.5, 0.6) is 0 Å². The van der Waals surface area contributed by atoms with Gasteiger partial charge in [-0.1, -0.05) is 190 Å². The topological polar surface area (TPSA) is 175 Å². The van der Waals surface area contributed by atoms with Gasteiger partial charge in [0.05, 0.1) is 6.61 Å². The molecule has 3 N–H and O–H groups in total. The van der Waals surface area contributed by atoms with Crippen molar-refractivity contribution in [2.24, 2.45) is 0 Å². The van der Waals surface area contributed by atoms with Gasteiger partial charge in [0.25, 0.3) is 0 Å². The van der Waals surface area contributed by atoms with Gasteiger partial charge in [-0.2, -0.15) is 0 Å². The third kappa shape index (κ3) is 39.3. The summed E-state index contributed by atoms with van der Waals surface area (Å²) in [5, 5.41) is 31.4. The molecule has 0 bridgehead atoms. The second kappa shape index (κ2) is 49.1. The Kier molecular flexibility index (Phi) is 45.1. The van der Waals surface area contributed by atoms with Gasteiger partial charge in [-0.15, -0.1) is 0 Å². The normalized spacial score (nSPS) is 18.8. The molecular formula is C61H102O12. The first-order chi connectivity index (χ1) is 35.6. The number of allylic oxidation sites excluding steroid dienone is 12. The molecule has 1 heterocycles. The maximum atomic E-state index is 13.1. The molecule has 0 aromatic heterocycles. The van der Waals surface area contributed by atoms with Crippen molar-refractivity contribution in [2.45, 2.75) is 276 Å². The number of unbranched alkanes of at least 4 members (excludes halogenated alkanes) is 22. The molecule has 0 radical (unpaired) electrons. The van der Waals surface area contributed by atoms with Gasteiger partial charge in [-0.25, -0.2) is 4.79 Å². The molecule has 1 aliphatic heterocycles. The first-order valence-corrected chi connectivity index (χ1v) is 28.9. The number of carbonyl (C=O) groups is 4. The highest BCUT2D eigenvalue weighted by Gasteiger charge is 2.50. The van der Waals surface area contributed by atoms with Crippen molar-refractivity contribution in [1.29, 1.82) is 0 Å². The number of esters is 3. The van der Waals surface area contributed by atoms with Gasteiger partial charge < -0.3 is 39.0 Å². The number of hydrogen-bond acceptors (Lipinski definition) is 11. The molecule has 0 aromatic carbocycles. The van der Waals surface area contributed by atoms with Crippen LogP contribution in [-0.4, -0.2) is 89.2 Å². The number of aliphatic hydroxyl groups is 2. The Balaban J connectivity index is 2.68. The van der Waals surface area contributed by atoms with E-state index in [9.17, 15) is 34.5 Å². The molecule has 12 nitrogen and oxygen atoms in total. The van der Waals surface area contributed by atoms with Crippen molar-refractivity contribution in [1.82, 2.24) is 0 Å². The zero-order valence-corrected chi connectivity index (χ0v) is 45.9. The monoisotopic (exact) mass is 1030 g/mol. The molecule has 0 aromatic rings. The van der Waals surface area contributed by atoms with Crippen LogP contribution in [0.15, 0.2) is 72.9 Å². The van der Waals surface area contributed by atoms with E-state index < -0.39 is 67.3 Å². The Hall–Kier alpha value is -3.84. The molecule has 0 aliphatic carbocycles. The van der Waals surface area contributed by atoms with Gasteiger partial charge >= 0.3 is 23.9 Å². The lowest BCUT2D eigenvalue weighted by atomic mass is 9.98.